The Hall–Kier alpha value is -1.07. The van der Waals surface area contributed by atoms with Gasteiger partial charge in [-0.25, -0.2) is 5.48 Å². The van der Waals surface area contributed by atoms with Crippen LogP contribution >= 0.6 is 0 Å². The maximum Gasteiger partial charge on any atom is 0.416 e. The van der Waals surface area contributed by atoms with Gasteiger partial charge in [-0.3, -0.25) is 0 Å². The van der Waals surface area contributed by atoms with Gasteiger partial charge in [0.1, 0.15) is 0 Å². The van der Waals surface area contributed by atoms with Crippen LogP contribution in [-0.2, 0) is 12.7 Å². The molecule has 0 spiro atoms. The van der Waals surface area contributed by atoms with Gasteiger partial charge < -0.3 is 5.21 Å². The average molecular weight is 205 g/mol. The largest absolute Gasteiger partial charge is 0.416 e. The molecule has 0 heterocycles. The average Bonchev–Trinajstić information content (AvgIpc) is 2.07. The minimum atomic E-state index is -4.38. The predicted molar refractivity (Wildman–Crippen MR) is 44.8 cm³/mol. The molecule has 1 rings (SSSR count). The van der Waals surface area contributed by atoms with Crippen molar-refractivity contribution in [3.8, 4) is 0 Å². The highest BCUT2D eigenvalue weighted by Gasteiger charge is 2.33. The summed E-state index contributed by atoms with van der Waals surface area (Å²) >= 11 is 0. The van der Waals surface area contributed by atoms with E-state index in [-0.39, 0.29) is 12.1 Å². The molecule has 2 N–H and O–H groups in total. The van der Waals surface area contributed by atoms with E-state index in [1.807, 2.05) is 0 Å². The first-order valence-corrected chi connectivity index (χ1v) is 3.99. The predicted octanol–water partition coefficient (Wildman–Crippen LogP) is 2.49. The first-order chi connectivity index (χ1) is 6.46. The normalized spacial score (nSPS) is 11.8. The van der Waals surface area contributed by atoms with Gasteiger partial charge >= 0.3 is 6.18 Å². The van der Waals surface area contributed by atoms with Gasteiger partial charge in [0.15, 0.2) is 0 Å². The second-order valence-electron chi connectivity index (χ2n) is 2.93. The molecule has 1 aromatic carbocycles. The zero-order chi connectivity index (χ0) is 10.8. The van der Waals surface area contributed by atoms with E-state index in [9.17, 15) is 13.2 Å². The molecule has 0 saturated carbocycles. The first-order valence-electron chi connectivity index (χ1n) is 3.99. The van der Waals surface area contributed by atoms with Gasteiger partial charge in [-0.15, -0.1) is 0 Å². The maximum absolute atomic E-state index is 12.4. The summed E-state index contributed by atoms with van der Waals surface area (Å²) in [6.07, 6.45) is -4.38. The number of halogens is 3. The smallest absolute Gasteiger partial charge is 0.316 e. The van der Waals surface area contributed by atoms with Crippen molar-refractivity contribution in [1.29, 1.82) is 0 Å². The van der Waals surface area contributed by atoms with Crippen LogP contribution in [0.25, 0.3) is 0 Å². The van der Waals surface area contributed by atoms with Crippen molar-refractivity contribution in [2.45, 2.75) is 19.6 Å². The summed E-state index contributed by atoms with van der Waals surface area (Å²) in [6, 6.07) is 3.92. The molecule has 0 unspecified atom stereocenters. The van der Waals surface area contributed by atoms with E-state index in [1.54, 1.807) is 18.5 Å². The van der Waals surface area contributed by atoms with Crippen LogP contribution in [0.1, 0.15) is 16.7 Å². The Bertz CT molecular complexity index is 322. The third kappa shape index (κ3) is 2.24. The maximum atomic E-state index is 12.4. The van der Waals surface area contributed by atoms with E-state index >= 15 is 0 Å². The lowest BCUT2D eigenvalue weighted by molar-refractivity contribution is -0.138. The molecule has 14 heavy (non-hydrogen) atoms. The summed E-state index contributed by atoms with van der Waals surface area (Å²) in [5.74, 6) is 0. The highest BCUT2D eigenvalue weighted by Crippen LogP contribution is 2.33. The number of hydrogen-bond donors (Lipinski definition) is 2. The second-order valence-corrected chi connectivity index (χ2v) is 2.93. The number of hydrogen-bond acceptors (Lipinski definition) is 2. The molecule has 0 aliphatic rings. The van der Waals surface area contributed by atoms with Crippen LogP contribution in [0.4, 0.5) is 13.2 Å². The van der Waals surface area contributed by atoms with Crippen molar-refractivity contribution in [2.75, 3.05) is 0 Å². The molecule has 0 amide bonds. The van der Waals surface area contributed by atoms with Crippen LogP contribution in [0.2, 0.25) is 0 Å². The van der Waals surface area contributed by atoms with E-state index in [2.05, 4.69) is 0 Å². The van der Waals surface area contributed by atoms with Crippen LogP contribution in [0.15, 0.2) is 18.2 Å². The lowest BCUT2D eigenvalue weighted by Crippen LogP contribution is -2.15. The van der Waals surface area contributed by atoms with E-state index in [0.717, 1.165) is 6.07 Å². The van der Waals surface area contributed by atoms with Crippen molar-refractivity contribution in [3.05, 3.63) is 34.9 Å². The first kappa shape index (κ1) is 11.0. The van der Waals surface area contributed by atoms with Crippen molar-refractivity contribution in [3.63, 3.8) is 0 Å². The van der Waals surface area contributed by atoms with Gasteiger partial charge in [-0.1, -0.05) is 12.1 Å². The van der Waals surface area contributed by atoms with Crippen LogP contribution in [-0.4, -0.2) is 5.21 Å². The van der Waals surface area contributed by atoms with Gasteiger partial charge in [-0.2, -0.15) is 13.2 Å². The Morgan fingerprint density at radius 1 is 1.36 bits per heavy atom. The van der Waals surface area contributed by atoms with Gasteiger partial charge in [0, 0.05) is 6.54 Å². The fourth-order valence-electron chi connectivity index (χ4n) is 1.28. The Morgan fingerprint density at radius 2 is 2.00 bits per heavy atom. The number of rotatable bonds is 2. The number of nitrogens with one attached hydrogen (secondary N) is 1. The molecule has 0 saturated heterocycles. The summed E-state index contributed by atoms with van der Waals surface area (Å²) in [4.78, 5) is 0. The van der Waals surface area contributed by atoms with Crippen molar-refractivity contribution < 1.29 is 18.4 Å². The third-order valence-electron chi connectivity index (χ3n) is 1.97. The molecule has 0 atom stereocenters. The van der Waals surface area contributed by atoms with Crippen molar-refractivity contribution >= 4 is 0 Å². The molecule has 0 aromatic heterocycles. The van der Waals surface area contributed by atoms with Crippen LogP contribution < -0.4 is 5.48 Å². The molecule has 0 radical (unpaired) electrons. The van der Waals surface area contributed by atoms with Gasteiger partial charge in [0.25, 0.3) is 0 Å². The highest BCUT2D eigenvalue weighted by molar-refractivity contribution is 5.36. The number of alkyl halides is 3. The molecule has 5 heteroatoms. The number of benzene rings is 1. The van der Waals surface area contributed by atoms with Crippen molar-refractivity contribution in [1.82, 2.24) is 5.48 Å². The van der Waals surface area contributed by atoms with Crippen molar-refractivity contribution in [2.24, 2.45) is 0 Å². The van der Waals surface area contributed by atoms with E-state index in [4.69, 9.17) is 5.21 Å². The van der Waals surface area contributed by atoms with Crippen LogP contribution in [0, 0.1) is 6.92 Å². The van der Waals surface area contributed by atoms with Crippen LogP contribution in [0.5, 0.6) is 0 Å². The van der Waals surface area contributed by atoms with E-state index in [1.165, 1.54) is 6.07 Å². The Labute approximate surface area is 79.3 Å². The zero-order valence-corrected chi connectivity index (χ0v) is 7.52. The van der Waals surface area contributed by atoms with Gasteiger partial charge in [-0.05, 0) is 24.1 Å². The Balaban J connectivity index is 3.21. The molecule has 2 nitrogen and oxygen atoms in total. The molecule has 0 aliphatic heterocycles. The van der Waals surface area contributed by atoms with Crippen LogP contribution in [0.3, 0.4) is 0 Å². The minimum absolute atomic E-state index is 0.0718. The summed E-state index contributed by atoms with van der Waals surface area (Å²) in [5.41, 5.74) is 1.60. The summed E-state index contributed by atoms with van der Waals surface area (Å²) < 4.78 is 37.3. The Kier molecular flexibility index (Phi) is 3.13. The minimum Gasteiger partial charge on any atom is -0.316 e. The molecule has 1 aromatic rings. The lowest BCUT2D eigenvalue weighted by Gasteiger charge is -2.14. The zero-order valence-electron chi connectivity index (χ0n) is 7.52. The SMILES string of the molecule is Cc1cccc(C(F)(F)F)c1CNO. The molecule has 78 valence electrons. The standard InChI is InChI=1S/C9H10F3NO/c1-6-3-2-4-8(9(10,11)12)7(6)5-13-14/h2-4,13-14H,5H2,1H3. The second kappa shape index (κ2) is 3.98. The lowest BCUT2D eigenvalue weighted by atomic mass is 10.0. The monoisotopic (exact) mass is 205 g/mol. The fraction of sp³-hybridized carbons (Fsp3) is 0.333. The molecular formula is C9H10F3NO. The molecule has 0 bridgehead atoms. The fourth-order valence-corrected chi connectivity index (χ4v) is 1.28. The Morgan fingerprint density at radius 3 is 2.50 bits per heavy atom. The van der Waals surface area contributed by atoms with Gasteiger partial charge in [0.05, 0.1) is 5.56 Å². The number of hydroxylamine groups is 1. The van der Waals surface area contributed by atoms with E-state index in [0.29, 0.717) is 5.56 Å². The molecule has 0 fully saturated rings. The highest BCUT2D eigenvalue weighted by atomic mass is 19.4. The topological polar surface area (TPSA) is 32.3 Å². The molecular weight excluding hydrogens is 195 g/mol. The third-order valence-corrected chi connectivity index (χ3v) is 1.97. The summed E-state index contributed by atoms with van der Waals surface area (Å²) in [6.45, 7) is 1.36. The summed E-state index contributed by atoms with van der Waals surface area (Å²) in [7, 11) is 0. The van der Waals surface area contributed by atoms with Gasteiger partial charge in [0.2, 0.25) is 0 Å². The van der Waals surface area contributed by atoms with E-state index < -0.39 is 11.7 Å². The molecule has 0 aliphatic carbocycles. The summed E-state index contributed by atoms with van der Waals surface area (Å²) in [5, 5.41) is 8.42. The number of aryl methyl sites for hydroxylation is 1. The quantitative estimate of drug-likeness (QED) is 0.727.